The Hall–Kier alpha value is -1.35. The smallest absolute Gasteiger partial charge is 0.319 e. The molecule has 1 aromatic rings. The summed E-state index contributed by atoms with van der Waals surface area (Å²) < 4.78 is 32.9. The molecule has 0 aromatic heterocycles. The largest absolute Gasteiger partial charge is 0.376 e. The van der Waals surface area contributed by atoms with Crippen LogP contribution in [-0.4, -0.2) is 51.1 Å². The van der Waals surface area contributed by atoms with Gasteiger partial charge in [-0.05, 0) is 49.8 Å². The van der Waals surface area contributed by atoms with Crippen LogP contribution in [0.25, 0.3) is 0 Å². The summed E-state index contributed by atoms with van der Waals surface area (Å²) in [7, 11) is -3.66. The SMILES string of the molecule is C[C@@H]1CCCC[C@@H]1OCCNC(=O)Nc1ccc(Cl)c(S(=O)(=O)N2CCCC2)c1. The van der Waals surface area contributed by atoms with E-state index < -0.39 is 16.1 Å². The van der Waals surface area contributed by atoms with Gasteiger partial charge in [-0.1, -0.05) is 31.4 Å². The number of carbonyl (C=O) groups excluding carboxylic acids is 1. The predicted octanol–water partition coefficient (Wildman–Crippen LogP) is 3.84. The molecule has 162 valence electrons. The number of halogens is 1. The number of ether oxygens (including phenoxy) is 1. The summed E-state index contributed by atoms with van der Waals surface area (Å²) in [6, 6.07) is 4.09. The second-order valence-electron chi connectivity index (χ2n) is 7.81. The standard InChI is InChI=1S/C20H30ClN3O4S/c1-15-6-2-3-7-18(15)28-13-10-22-20(25)23-16-8-9-17(21)19(14-16)29(26,27)24-11-4-5-12-24/h8-9,14-15,18H,2-7,10-13H2,1H3,(H2,22,23,25)/t15-,18+/m1/s1. The van der Waals surface area contributed by atoms with Crippen LogP contribution in [0.4, 0.5) is 10.5 Å². The molecule has 2 amide bonds. The molecule has 2 N–H and O–H groups in total. The highest BCUT2D eigenvalue weighted by molar-refractivity contribution is 7.89. The molecule has 29 heavy (non-hydrogen) atoms. The molecule has 3 rings (SSSR count). The van der Waals surface area contributed by atoms with Crippen molar-refractivity contribution in [3.05, 3.63) is 23.2 Å². The van der Waals surface area contributed by atoms with E-state index in [0.717, 1.165) is 19.3 Å². The first-order chi connectivity index (χ1) is 13.9. The van der Waals surface area contributed by atoms with Crippen LogP contribution < -0.4 is 10.6 Å². The van der Waals surface area contributed by atoms with Crippen molar-refractivity contribution in [3.63, 3.8) is 0 Å². The zero-order valence-corrected chi connectivity index (χ0v) is 18.4. The van der Waals surface area contributed by atoms with Crippen molar-refractivity contribution in [2.45, 2.75) is 56.4 Å². The normalized spacial score (nSPS) is 23.1. The van der Waals surface area contributed by atoms with E-state index in [2.05, 4.69) is 17.6 Å². The molecule has 0 spiro atoms. The van der Waals surface area contributed by atoms with E-state index in [1.165, 1.54) is 35.7 Å². The molecule has 1 aliphatic carbocycles. The third-order valence-electron chi connectivity index (χ3n) is 5.62. The molecule has 0 radical (unpaired) electrons. The minimum atomic E-state index is -3.66. The van der Waals surface area contributed by atoms with Crippen molar-refractivity contribution in [2.24, 2.45) is 5.92 Å². The van der Waals surface area contributed by atoms with Gasteiger partial charge in [-0.2, -0.15) is 4.31 Å². The Bertz CT molecular complexity index is 812. The Labute approximate surface area is 178 Å². The number of sulfonamides is 1. The van der Waals surface area contributed by atoms with Gasteiger partial charge in [0.05, 0.1) is 17.7 Å². The fraction of sp³-hybridized carbons (Fsp3) is 0.650. The van der Waals surface area contributed by atoms with Crippen molar-refractivity contribution in [3.8, 4) is 0 Å². The molecule has 0 bridgehead atoms. The summed E-state index contributed by atoms with van der Waals surface area (Å²) in [6.45, 7) is 4.05. The van der Waals surface area contributed by atoms with Crippen molar-refractivity contribution >= 4 is 33.3 Å². The molecular formula is C20H30ClN3O4S. The molecule has 1 aliphatic heterocycles. The molecule has 1 saturated heterocycles. The molecule has 9 heteroatoms. The zero-order chi connectivity index (χ0) is 20.9. The maximum absolute atomic E-state index is 12.8. The van der Waals surface area contributed by atoms with E-state index in [9.17, 15) is 13.2 Å². The van der Waals surface area contributed by atoms with Crippen LogP contribution >= 0.6 is 11.6 Å². The number of rotatable bonds is 7. The van der Waals surface area contributed by atoms with Gasteiger partial charge in [0.2, 0.25) is 10.0 Å². The molecule has 1 heterocycles. The molecule has 2 fully saturated rings. The number of hydrogen-bond acceptors (Lipinski definition) is 4. The average Bonchev–Trinajstić information content (AvgIpc) is 3.24. The number of amides is 2. The number of benzene rings is 1. The summed E-state index contributed by atoms with van der Waals surface area (Å²) in [5, 5.41) is 5.57. The van der Waals surface area contributed by atoms with E-state index in [0.29, 0.717) is 37.8 Å². The quantitative estimate of drug-likeness (QED) is 0.626. The van der Waals surface area contributed by atoms with E-state index >= 15 is 0 Å². The Morgan fingerprint density at radius 2 is 1.93 bits per heavy atom. The van der Waals surface area contributed by atoms with Gasteiger partial charge in [0.1, 0.15) is 4.90 Å². The Balaban J connectivity index is 1.51. The predicted molar refractivity (Wildman–Crippen MR) is 114 cm³/mol. The molecule has 1 saturated carbocycles. The third kappa shape index (κ3) is 5.84. The fourth-order valence-electron chi connectivity index (χ4n) is 3.93. The second-order valence-corrected chi connectivity index (χ2v) is 10.1. The number of nitrogens with zero attached hydrogens (tertiary/aromatic N) is 1. The lowest BCUT2D eigenvalue weighted by molar-refractivity contribution is -0.00232. The first-order valence-corrected chi connectivity index (χ1v) is 12.2. The van der Waals surface area contributed by atoms with Crippen LogP contribution in [0.3, 0.4) is 0 Å². The Morgan fingerprint density at radius 3 is 2.66 bits per heavy atom. The fourth-order valence-corrected chi connectivity index (χ4v) is 5.94. The van der Waals surface area contributed by atoms with Gasteiger partial charge < -0.3 is 15.4 Å². The maximum Gasteiger partial charge on any atom is 0.319 e. The van der Waals surface area contributed by atoms with Crippen LogP contribution in [-0.2, 0) is 14.8 Å². The Kier molecular flexibility index (Phi) is 7.79. The van der Waals surface area contributed by atoms with Crippen LogP contribution in [0.15, 0.2) is 23.1 Å². The lowest BCUT2D eigenvalue weighted by Gasteiger charge is -2.28. The summed E-state index contributed by atoms with van der Waals surface area (Å²) in [6.07, 6.45) is 6.69. The minimum absolute atomic E-state index is 0.0217. The highest BCUT2D eigenvalue weighted by atomic mass is 35.5. The van der Waals surface area contributed by atoms with E-state index in [1.54, 1.807) is 6.07 Å². The van der Waals surface area contributed by atoms with Gasteiger partial charge in [-0.25, -0.2) is 13.2 Å². The van der Waals surface area contributed by atoms with Gasteiger partial charge in [0.15, 0.2) is 0 Å². The van der Waals surface area contributed by atoms with Gasteiger partial charge in [-0.3, -0.25) is 0 Å². The minimum Gasteiger partial charge on any atom is -0.376 e. The topological polar surface area (TPSA) is 87.7 Å². The number of hydrogen-bond donors (Lipinski definition) is 2. The van der Waals surface area contributed by atoms with E-state index in [-0.39, 0.29) is 16.0 Å². The lowest BCUT2D eigenvalue weighted by Crippen LogP contribution is -2.34. The summed E-state index contributed by atoms with van der Waals surface area (Å²) in [5.74, 6) is 0.558. The first kappa shape index (κ1) is 22.3. The second kappa shape index (κ2) is 10.1. The summed E-state index contributed by atoms with van der Waals surface area (Å²) in [4.78, 5) is 12.2. The molecule has 2 aliphatic rings. The highest BCUT2D eigenvalue weighted by Crippen LogP contribution is 2.29. The number of nitrogens with one attached hydrogen (secondary N) is 2. The average molecular weight is 444 g/mol. The molecule has 0 unspecified atom stereocenters. The lowest BCUT2D eigenvalue weighted by atomic mass is 9.88. The van der Waals surface area contributed by atoms with Crippen LogP contribution in [0.2, 0.25) is 5.02 Å². The first-order valence-electron chi connectivity index (χ1n) is 10.3. The van der Waals surface area contributed by atoms with E-state index in [4.69, 9.17) is 16.3 Å². The highest BCUT2D eigenvalue weighted by Gasteiger charge is 2.29. The number of urea groups is 1. The van der Waals surface area contributed by atoms with Crippen molar-refractivity contribution < 1.29 is 17.9 Å². The van der Waals surface area contributed by atoms with Crippen LogP contribution in [0, 0.1) is 5.92 Å². The third-order valence-corrected chi connectivity index (χ3v) is 8.00. The van der Waals surface area contributed by atoms with Crippen molar-refractivity contribution in [1.29, 1.82) is 0 Å². The molecular weight excluding hydrogens is 414 g/mol. The summed E-state index contributed by atoms with van der Waals surface area (Å²) >= 11 is 6.13. The van der Waals surface area contributed by atoms with Gasteiger partial charge >= 0.3 is 6.03 Å². The maximum atomic E-state index is 12.8. The van der Waals surface area contributed by atoms with Gasteiger partial charge in [0.25, 0.3) is 0 Å². The monoisotopic (exact) mass is 443 g/mol. The van der Waals surface area contributed by atoms with E-state index in [1.807, 2.05) is 0 Å². The molecule has 1 aromatic carbocycles. The summed E-state index contributed by atoms with van der Waals surface area (Å²) in [5.41, 5.74) is 0.381. The van der Waals surface area contributed by atoms with Gasteiger partial charge in [-0.15, -0.1) is 0 Å². The van der Waals surface area contributed by atoms with Gasteiger partial charge in [0, 0.05) is 25.3 Å². The van der Waals surface area contributed by atoms with Crippen LogP contribution in [0.5, 0.6) is 0 Å². The molecule has 2 atom stereocenters. The van der Waals surface area contributed by atoms with Crippen molar-refractivity contribution in [2.75, 3.05) is 31.6 Å². The van der Waals surface area contributed by atoms with Crippen molar-refractivity contribution in [1.82, 2.24) is 9.62 Å². The molecule has 7 nitrogen and oxygen atoms in total. The number of carbonyl (C=O) groups is 1. The van der Waals surface area contributed by atoms with Crippen LogP contribution in [0.1, 0.15) is 45.4 Å². The number of anilines is 1. The Morgan fingerprint density at radius 1 is 1.21 bits per heavy atom. The zero-order valence-electron chi connectivity index (χ0n) is 16.8.